The van der Waals surface area contributed by atoms with Crippen molar-refractivity contribution < 1.29 is 0 Å². The highest BCUT2D eigenvalue weighted by molar-refractivity contribution is 5.26. The summed E-state index contributed by atoms with van der Waals surface area (Å²) in [7, 11) is 0. The fourth-order valence-corrected chi connectivity index (χ4v) is 2.69. The Bertz CT molecular complexity index is 543. The van der Waals surface area contributed by atoms with Gasteiger partial charge in [0.2, 0.25) is 0 Å². The van der Waals surface area contributed by atoms with Crippen molar-refractivity contribution in [3.63, 3.8) is 0 Å². The van der Waals surface area contributed by atoms with Gasteiger partial charge in [-0.05, 0) is 50.3 Å². The van der Waals surface area contributed by atoms with E-state index in [-0.39, 0.29) is 6.04 Å². The summed E-state index contributed by atoms with van der Waals surface area (Å²) in [5.74, 6) is 0.781. The predicted molar refractivity (Wildman–Crippen MR) is 82.4 cm³/mol. The number of aryl methyl sites for hydroxylation is 1. The molecule has 2 aromatic rings. The Morgan fingerprint density at radius 2 is 1.85 bits per heavy atom. The zero-order valence-electron chi connectivity index (χ0n) is 12.2. The van der Waals surface area contributed by atoms with Crippen LogP contribution >= 0.6 is 0 Å². The van der Waals surface area contributed by atoms with E-state index >= 15 is 0 Å². The summed E-state index contributed by atoms with van der Waals surface area (Å²) in [6, 6.07) is 15.8. The van der Waals surface area contributed by atoms with Gasteiger partial charge >= 0.3 is 0 Å². The molecule has 0 spiro atoms. The maximum absolute atomic E-state index is 4.46. The number of hydrogen-bond donors (Lipinski definition) is 1. The Hall–Kier alpha value is -1.67. The molecule has 1 fully saturated rings. The van der Waals surface area contributed by atoms with Crippen molar-refractivity contribution in [2.75, 3.05) is 0 Å². The van der Waals surface area contributed by atoms with Gasteiger partial charge in [0, 0.05) is 18.3 Å². The number of rotatable bonds is 5. The van der Waals surface area contributed by atoms with Crippen molar-refractivity contribution >= 4 is 0 Å². The quantitative estimate of drug-likeness (QED) is 0.877. The van der Waals surface area contributed by atoms with E-state index in [1.54, 1.807) is 0 Å². The lowest BCUT2D eigenvalue weighted by Crippen LogP contribution is -2.26. The minimum atomic E-state index is 0.281. The van der Waals surface area contributed by atoms with Gasteiger partial charge in [0.05, 0.1) is 5.69 Å². The van der Waals surface area contributed by atoms with E-state index in [1.807, 2.05) is 12.3 Å². The van der Waals surface area contributed by atoms with Gasteiger partial charge in [-0.25, -0.2) is 0 Å². The molecule has 20 heavy (non-hydrogen) atoms. The maximum Gasteiger partial charge on any atom is 0.0570 e. The lowest BCUT2D eigenvalue weighted by Gasteiger charge is -2.23. The highest BCUT2D eigenvalue weighted by Crippen LogP contribution is 2.42. The zero-order chi connectivity index (χ0) is 13.9. The molecule has 1 aromatic carbocycles. The molecule has 2 atom stereocenters. The highest BCUT2D eigenvalue weighted by Gasteiger charge is 2.33. The van der Waals surface area contributed by atoms with Crippen molar-refractivity contribution in [1.29, 1.82) is 0 Å². The molecule has 1 aromatic heterocycles. The third kappa shape index (κ3) is 3.07. The summed E-state index contributed by atoms with van der Waals surface area (Å²) in [5, 5.41) is 3.77. The first kappa shape index (κ1) is 13.3. The SMILES string of the molecule is Cc1ccc(C(N[C@H](C)c2ccccn2)C2CC2)cc1. The monoisotopic (exact) mass is 266 g/mol. The molecule has 104 valence electrons. The molecule has 1 aliphatic rings. The lowest BCUT2D eigenvalue weighted by molar-refractivity contribution is 0.422. The van der Waals surface area contributed by atoms with E-state index in [9.17, 15) is 0 Å². The third-order valence-electron chi connectivity index (χ3n) is 4.09. The Kier molecular flexibility index (Phi) is 3.83. The Morgan fingerprint density at radius 3 is 2.45 bits per heavy atom. The van der Waals surface area contributed by atoms with Crippen LogP contribution in [0.25, 0.3) is 0 Å². The van der Waals surface area contributed by atoms with E-state index in [0.29, 0.717) is 6.04 Å². The molecular weight excluding hydrogens is 244 g/mol. The minimum absolute atomic E-state index is 0.281. The molecule has 2 nitrogen and oxygen atoms in total. The second kappa shape index (κ2) is 5.76. The first-order valence-corrected chi connectivity index (χ1v) is 7.47. The first-order valence-electron chi connectivity index (χ1n) is 7.47. The molecule has 1 saturated carbocycles. The van der Waals surface area contributed by atoms with Crippen molar-refractivity contribution in [1.82, 2.24) is 10.3 Å². The molecule has 3 rings (SSSR count). The summed E-state index contributed by atoms with van der Waals surface area (Å²) in [6.45, 7) is 4.34. The second-order valence-corrected chi connectivity index (χ2v) is 5.87. The largest absolute Gasteiger partial charge is 0.302 e. The molecule has 0 radical (unpaired) electrons. The Morgan fingerprint density at radius 1 is 1.10 bits per heavy atom. The molecule has 0 saturated heterocycles. The fraction of sp³-hybridized carbons (Fsp3) is 0.389. The average molecular weight is 266 g/mol. The molecule has 1 aliphatic carbocycles. The van der Waals surface area contributed by atoms with E-state index in [0.717, 1.165) is 11.6 Å². The van der Waals surface area contributed by atoms with Crippen molar-refractivity contribution in [2.24, 2.45) is 5.92 Å². The number of hydrogen-bond acceptors (Lipinski definition) is 2. The number of nitrogens with one attached hydrogen (secondary N) is 1. The van der Waals surface area contributed by atoms with Crippen molar-refractivity contribution in [3.05, 3.63) is 65.5 Å². The van der Waals surface area contributed by atoms with Crippen LogP contribution in [-0.2, 0) is 0 Å². The fourth-order valence-electron chi connectivity index (χ4n) is 2.69. The second-order valence-electron chi connectivity index (χ2n) is 5.87. The van der Waals surface area contributed by atoms with Crippen LogP contribution in [0.3, 0.4) is 0 Å². The van der Waals surface area contributed by atoms with E-state index in [1.165, 1.54) is 24.0 Å². The van der Waals surface area contributed by atoms with Crippen LogP contribution < -0.4 is 5.32 Å². The normalized spacial score (nSPS) is 17.7. The Labute approximate surface area is 121 Å². The average Bonchev–Trinajstić information content (AvgIpc) is 3.31. The van der Waals surface area contributed by atoms with Crippen LogP contribution in [0.2, 0.25) is 0 Å². The van der Waals surface area contributed by atoms with Crippen LogP contribution in [0, 0.1) is 12.8 Å². The van der Waals surface area contributed by atoms with Crippen LogP contribution in [0.1, 0.15) is 48.7 Å². The van der Waals surface area contributed by atoms with Gasteiger partial charge in [-0.3, -0.25) is 4.98 Å². The number of nitrogens with zero attached hydrogens (tertiary/aromatic N) is 1. The van der Waals surface area contributed by atoms with Crippen molar-refractivity contribution in [2.45, 2.75) is 38.8 Å². The molecule has 2 heteroatoms. The molecular formula is C18H22N2. The molecule has 1 unspecified atom stereocenters. The summed E-state index contributed by atoms with van der Waals surface area (Å²) in [5.41, 5.74) is 3.84. The van der Waals surface area contributed by atoms with Gasteiger partial charge < -0.3 is 5.32 Å². The highest BCUT2D eigenvalue weighted by atomic mass is 15.0. The summed E-state index contributed by atoms with van der Waals surface area (Å²) >= 11 is 0. The van der Waals surface area contributed by atoms with Gasteiger partial charge in [-0.15, -0.1) is 0 Å². The van der Waals surface area contributed by atoms with Gasteiger partial charge in [-0.2, -0.15) is 0 Å². The van der Waals surface area contributed by atoms with Crippen LogP contribution in [0.5, 0.6) is 0 Å². The maximum atomic E-state index is 4.46. The number of benzene rings is 1. The molecule has 0 amide bonds. The van der Waals surface area contributed by atoms with Gasteiger partial charge in [0.1, 0.15) is 0 Å². The van der Waals surface area contributed by atoms with E-state index < -0.39 is 0 Å². The predicted octanol–water partition coefficient (Wildman–Crippen LogP) is 4.19. The van der Waals surface area contributed by atoms with Crippen LogP contribution in [0.4, 0.5) is 0 Å². The first-order chi connectivity index (χ1) is 9.74. The Balaban J connectivity index is 1.76. The van der Waals surface area contributed by atoms with Crippen LogP contribution in [0.15, 0.2) is 48.7 Å². The van der Waals surface area contributed by atoms with Gasteiger partial charge in [0.25, 0.3) is 0 Å². The smallest absolute Gasteiger partial charge is 0.0570 e. The summed E-state index contributed by atoms with van der Waals surface area (Å²) in [4.78, 5) is 4.46. The molecule has 0 aliphatic heterocycles. The molecule has 1 heterocycles. The third-order valence-corrected chi connectivity index (χ3v) is 4.09. The number of pyridine rings is 1. The van der Waals surface area contributed by atoms with E-state index in [4.69, 9.17) is 0 Å². The van der Waals surface area contributed by atoms with Crippen LogP contribution in [-0.4, -0.2) is 4.98 Å². The summed E-state index contributed by atoms with van der Waals surface area (Å²) in [6.07, 6.45) is 4.53. The standard InChI is InChI=1S/C18H22N2/c1-13-6-8-15(9-7-13)18(16-10-11-16)20-14(2)17-5-3-4-12-19-17/h3-9,12,14,16,18,20H,10-11H2,1-2H3/t14-,18?/m1/s1. The lowest BCUT2D eigenvalue weighted by atomic mass is 9.99. The minimum Gasteiger partial charge on any atom is -0.302 e. The van der Waals surface area contributed by atoms with Gasteiger partial charge in [0.15, 0.2) is 0 Å². The van der Waals surface area contributed by atoms with Gasteiger partial charge in [-0.1, -0.05) is 35.9 Å². The molecule has 0 bridgehead atoms. The number of aromatic nitrogens is 1. The summed E-state index contributed by atoms with van der Waals surface area (Å²) < 4.78 is 0. The van der Waals surface area contributed by atoms with E-state index in [2.05, 4.69) is 60.5 Å². The zero-order valence-corrected chi connectivity index (χ0v) is 12.2. The topological polar surface area (TPSA) is 24.9 Å². The van der Waals surface area contributed by atoms with Crippen molar-refractivity contribution in [3.8, 4) is 0 Å². The molecule has 1 N–H and O–H groups in total.